The van der Waals surface area contributed by atoms with Crippen molar-refractivity contribution in [1.29, 1.82) is 0 Å². The van der Waals surface area contributed by atoms with Gasteiger partial charge in [0.15, 0.2) is 11.4 Å². The Morgan fingerprint density at radius 2 is 1.86 bits per heavy atom. The van der Waals surface area contributed by atoms with Crippen molar-refractivity contribution in [2.24, 2.45) is 0 Å². The predicted octanol–water partition coefficient (Wildman–Crippen LogP) is 3.29. The van der Waals surface area contributed by atoms with Crippen molar-refractivity contribution in [3.63, 3.8) is 0 Å². The molecule has 0 aliphatic rings. The van der Waals surface area contributed by atoms with Gasteiger partial charge in [-0.2, -0.15) is 14.6 Å². The van der Waals surface area contributed by atoms with Gasteiger partial charge in [0, 0.05) is 5.56 Å². The highest BCUT2D eigenvalue weighted by molar-refractivity contribution is 6.36. The number of furan rings is 1. The minimum atomic E-state index is 0.195. The number of anilines is 1. The molecule has 0 aliphatic heterocycles. The second-order valence-electron chi connectivity index (χ2n) is 4.65. The van der Waals surface area contributed by atoms with E-state index in [-0.39, 0.29) is 5.95 Å². The molecule has 2 N–H and O–H groups in total. The summed E-state index contributed by atoms with van der Waals surface area (Å²) in [5.41, 5.74) is 7.91. The second-order valence-corrected chi connectivity index (χ2v) is 5.02. The van der Waals surface area contributed by atoms with Gasteiger partial charge in [-0.25, -0.2) is 4.98 Å². The van der Waals surface area contributed by atoms with Crippen LogP contribution in [0.25, 0.3) is 28.5 Å². The van der Waals surface area contributed by atoms with E-state index in [9.17, 15) is 0 Å². The lowest BCUT2D eigenvalue weighted by Gasteiger charge is -2.00. The Morgan fingerprint density at radius 3 is 2.59 bits per heavy atom. The molecule has 0 saturated heterocycles. The fourth-order valence-electron chi connectivity index (χ4n) is 2.22. The molecule has 0 atom stereocenters. The largest absolute Gasteiger partial charge is 0.461 e. The van der Waals surface area contributed by atoms with Crippen molar-refractivity contribution in [2.75, 3.05) is 5.73 Å². The first kappa shape index (κ1) is 12.8. The van der Waals surface area contributed by atoms with Crippen molar-refractivity contribution in [3.8, 4) is 22.8 Å². The van der Waals surface area contributed by atoms with Gasteiger partial charge in [0.25, 0.3) is 0 Å². The Bertz CT molecular complexity index is 947. The summed E-state index contributed by atoms with van der Waals surface area (Å²) in [6.45, 7) is 0. The maximum absolute atomic E-state index is 6.44. The molecule has 0 fully saturated rings. The van der Waals surface area contributed by atoms with Crippen LogP contribution in [0.15, 0.2) is 53.1 Å². The third-order valence-electron chi connectivity index (χ3n) is 3.24. The smallest absolute Gasteiger partial charge is 0.225 e. The molecular formula is C15H10ClN5O. The average molecular weight is 312 g/mol. The minimum absolute atomic E-state index is 0.195. The Hall–Kier alpha value is -2.86. The van der Waals surface area contributed by atoms with Gasteiger partial charge in [0.05, 0.1) is 6.26 Å². The molecule has 0 bridgehead atoms. The summed E-state index contributed by atoms with van der Waals surface area (Å²) in [7, 11) is 0. The summed E-state index contributed by atoms with van der Waals surface area (Å²) in [6.07, 6.45) is 1.55. The maximum atomic E-state index is 6.44. The normalized spacial score (nSPS) is 11.1. The van der Waals surface area contributed by atoms with Gasteiger partial charge in [0.2, 0.25) is 11.8 Å². The van der Waals surface area contributed by atoms with Crippen LogP contribution in [0.5, 0.6) is 0 Å². The highest BCUT2D eigenvalue weighted by atomic mass is 35.5. The van der Waals surface area contributed by atoms with Crippen LogP contribution in [0.1, 0.15) is 0 Å². The zero-order valence-electron chi connectivity index (χ0n) is 11.3. The van der Waals surface area contributed by atoms with E-state index in [1.807, 2.05) is 30.3 Å². The highest BCUT2D eigenvalue weighted by Gasteiger charge is 2.18. The molecule has 0 saturated carbocycles. The van der Waals surface area contributed by atoms with Gasteiger partial charge in [-0.05, 0) is 12.1 Å². The number of nitrogen functional groups attached to an aromatic ring is 1. The van der Waals surface area contributed by atoms with E-state index in [1.165, 1.54) is 4.52 Å². The van der Waals surface area contributed by atoms with E-state index in [2.05, 4.69) is 15.1 Å². The number of hydrogen-bond acceptors (Lipinski definition) is 5. The van der Waals surface area contributed by atoms with Gasteiger partial charge in [-0.15, -0.1) is 0 Å². The standard InChI is InChI=1S/C15H10ClN5O/c16-11-12(9-5-2-1-3-6-9)20-21-14(11)18-13(19-15(21)17)10-7-4-8-22-10/h1-8H,(H2,17,18,19). The number of rotatable bonds is 2. The Morgan fingerprint density at radius 1 is 1.05 bits per heavy atom. The van der Waals surface area contributed by atoms with Gasteiger partial charge in [-0.3, -0.25) is 0 Å². The van der Waals surface area contributed by atoms with E-state index in [0.29, 0.717) is 27.9 Å². The predicted molar refractivity (Wildman–Crippen MR) is 83.3 cm³/mol. The molecule has 22 heavy (non-hydrogen) atoms. The molecule has 7 heteroatoms. The van der Waals surface area contributed by atoms with Crippen LogP contribution in [-0.2, 0) is 0 Å². The lowest BCUT2D eigenvalue weighted by molar-refractivity contribution is 0.577. The second kappa shape index (κ2) is 4.85. The average Bonchev–Trinajstić information content (AvgIpc) is 3.17. The lowest BCUT2D eigenvalue weighted by atomic mass is 10.1. The summed E-state index contributed by atoms with van der Waals surface area (Å²) in [4.78, 5) is 8.61. The number of fused-ring (bicyclic) bond motifs is 1. The zero-order valence-corrected chi connectivity index (χ0v) is 12.0. The van der Waals surface area contributed by atoms with Crippen LogP contribution in [0.3, 0.4) is 0 Å². The van der Waals surface area contributed by atoms with Gasteiger partial charge in [0.1, 0.15) is 10.7 Å². The van der Waals surface area contributed by atoms with Crippen molar-refractivity contribution in [2.45, 2.75) is 0 Å². The van der Waals surface area contributed by atoms with Gasteiger partial charge < -0.3 is 10.2 Å². The van der Waals surface area contributed by atoms with E-state index >= 15 is 0 Å². The van der Waals surface area contributed by atoms with Gasteiger partial charge >= 0.3 is 0 Å². The molecular weight excluding hydrogens is 302 g/mol. The molecule has 1 aromatic carbocycles. The van der Waals surface area contributed by atoms with Crippen molar-refractivity contribution >= 4 is 23.2 Å². The monoisotopic (exact) mass is 311 g/mol. The molecule has 4 rings (SSSR count). The molecule has 0 amide bonds. The number of benzene rings is 1. The lowest BCUT2D eigenvalue weighted by Crippen LogP contribution is -2.05. The summed E-state index contributed by atoms with van der Waals surface area (Å²) in [5, 5.41) is 4.83. The molecule has 0 unspecified atom stereocenters. The highest BCUT2D eigenvalue weighted by Crippen LogP contribution is 2.31. The van der Waals surface area contributed by atoms with Crippen LogP contribution < -0.4 is 5.73 Å². The Balaban J connectivity index is 1.97. The quantitative estimate of drug-likeness (QED) is 0.614. The van der Waals surface area contributed by atoms with Crippen molar-refractivity contribution in [3.05, 3.63) is 53.8 Å². The van der Waals surface area contributed by atoms with Crippen molar-refractivity contribution < 1.29 is 4.42 Å². The molecule has 6 nitrogen and oxygen atoms in total. The van der Waals surface area contributed by atoms with E-state index in [4.69, 9.17) is 21.8 Å². The first-order valence-electron chi connectivity index (χ1n) is 6.55. The Kier molecular flexibility index (Phi) is 2.83. The van der Waals surface area contributed by atoms with Crippen LogP contribution in [0, 0.1) is 0 Å². The van der Waals surface area contributed by atoms with E-state index in [0.717, 1.165) is 5.56 Å². The summed E-state index contributed by atoms with van der Waals surface area (Å²) in [6, 6.07) is 13.1. The number of aromatic nitrogens is 4. The number of halogens is 1. The fraction of sp³-hybridized carbons (Fsp3) is 0. The first-order valence-corrected chi connectivity index (χ1v) is 6.93. The van der Waals surface area contributed by atoms with Crippen LogP contribution in [0.4, 0.5) is 5.95 Å². The first-order chi connectivity index (χ1) is 10.7. The number of nitrogens with zero attached hydrogens (tertiary/aromatic N) is 4. The van der Waals surface area contributed by atoms with E-state index in [1.54, 1.807) is 18.4 Å². The molecule has 4 aromatic rings. The van der Waals surface area contributed by atoms with E-state index < -0.39 is 0 Å². The Labute approximate surface area is 130 Å². The minimum Gasteiger partial charge on any atom is -0.461 e. The molecule has 0 radical (unpaired) electrons. The zero-order chi connectivity index (χ0) is 15.1. The fourth-order valence-corrected chi connectivity index (χ4v) is 2.49. The van der Waals surface area contributed by atoms with Crippen molar-refractivity contribution in [1.82, 2.24) is 19.6 Å². The molecule has 0 spiro atoms. The summed E-state index contributed by atoms with van der Waals surface area (Å²) >= 11 is 6.44. The molecule has 3 heterocycles. The molecule has 108 valence electrons. The SMILES string of the molecule is Nc1nc(-c2ccco2)nc2c(Cl)c(-c3ccccc3)nn12. The summed E-state index contributed by atoms with van der Waals surface area (Å²) in [5.74, 6) is 1.09. The van der Waals surface area contributed by atoms with Crippen LogP contribution >= 0.6 is 11.6 Å². The summed E-state index contributed by atoms with van der Waals surface area (Å²) < 4.78 is 6.73. The third kappa shape index (κ3) is 1.93. The van der Waals surface area contributed by atoms with Gasteiger partial charge in [-0.1, -0.05) is 41.9 Å². The number of nitrogens with two attached hydrogens (primary N) is 1. The topological polar surface area (TPSA) is 82.2 Å². The molecule has 0 aliphatic carbocycles. The van der Waals surface area contributed by atoms with Crippen LogP contribution in [-0.4, -0.2) is 19.6 Å². The maximum Gasteiger partial charge on any atom is 0.225 e. The molecule has 3 aromatic heterocycles. The third-order valence-corrected chi connectivity index (χ3v) is 3.59. The number of hydrogen-bond donors (Lipinski definition) is 1. The van der Waals surface area contributed by atoms with Crippen LogP contribution in [0.2, 0.25) is 5.02 Å².